The zero-order valence-electron chi connectivity index (χ0n) is 25.7. The first-order valence-corrected chi connectivity index (χ1v) is 19.6. The van der Waals surface area contributed by atoms with Crippen LogP contribution in [-0.2, 0) is 16.1 Å². The Morgan fingerprint density at radius 1 is 1.07 bits per heavy atom. The molecule has 0 bridgehead atoms. The molecule has 0 amide bonds. The molecule has 4 heterocycles. The van der Waals surface area contributed by atoms with E-state index in [1.807, 2.05) is 13.0 Å². The third kappa shape index (κ3) is 7.65. The molecule has 10 nitrogen and oxygen atoms in total. The lowest BCUT2D eigenvalue weighted by molar-refractivity contribution is -0.201. The molecule has 3 aromatic rings. The van der Waals surface area contributed by atoms with Gasteiger partial charge in [-0.05, 0) is 78.5 Å². The van der Waals surface area contributed by atoms with E-state index >= 15 is 0 Å². The number of benzene rings is 1. The second kappa shape index (κ2) is 13.2. The number of hydrogen-bond acceptors (Lipinski definition) is 9. The molecule has 2 aliphatic heterocycles. The van der Waals surface area contributed by atoms with Crippen LogP contribution in [0.3, 0.4) is 0 Å². The lowest BCUT2D eigenvalue weighted by Gasteiger charge is -2.38. The molecule has 0 radical (unpaired) electrons. The summed E-state index contributed by atoms with van der Waals surface area (Å²) in [6.45, 7) is 14.0. The topological polar surface area (TPSA) is 93.7 Å². The van der Waals surface area contributed by atoms with E-state index in [2.05, 4.69) is 76.5 Å². The molecule has 2 fully saturated rings. The zero-order valence-corrected chi connectivity index (χ0v) is 28.3. The summed E-state index contributed by atoms with van der Waals surface area (Å²) in [6, 6.07) is 5.10. The lowest BCUT2D eigenvalue weighted by Crippen LogP contribution is -2.47. The monoisotopic (exact) mass is 696 g/mol. The summed E-state index contributed by atoms with van der Waals surface area (Å²) >= 11 is 3.52. The van der Waals surface area contributed by atoms with Crippen LogP contribution < -0.4 is 14.9 Å². The summed E-state index contributed by atoms with van der Waals surface area (Å²) in [7, 11) is -1.41. The van der Waals surface area contributed by atoms with Gasteiger partial charge >= 0.3 is 12.1 Å². The van der Waals surface area contributed by atoms with Crippen LogP contribution in [0.25, 0.3) is 11.0 Å². The molecular formula is C29H40BrF3N8O2Si. The van der Waals surface area contributed by atoms with Crippen molar-refractivity contribution >= 4 is 58.2 Å². The number of aryl methyl sites for hydroxylation is 1. The maximum atomic E-state index is 13.4. The summed E-state index contributed by atoms with van der Waals surface area (Å²) in [4.78, 5) is 32.7. The molecule has 1 N–H and O–H groups in total. The Kier molecular flexibility index (Phi) is 9.75. The minimum atomic E-state index is -5.09. The highest BCUT2D eigenvalue weighted by molar-refractivity contribution is 9.10. The van der Waals surface area contributed by atoms with Crippen molar-refractivity contribution in [1.82, 2.24) is 25.1 Å². The summed E-state index contributed by atoms with van der Waals surface area (Å²) in [6.07, 6.45) is -0.667. The number of alkyl halides is 3. The van der Waals surface area contributed by atoms with Gasteiger partial charge in [0.15, 0.2) is 5.65 Å². The van der Waals surface area contributed by atoms with E-state index in [0.717, 1.165) is 71.0 Å². The molecule has 2 saturated heterocycles. The standard InChI is InChI=1S/C29H40BrF3N8O2Si/c1-20-22(39-11-13-40(14-12-39)27-24-25(30)36-37-26(24)34-19-35-27)17-21(7-16-44(2,3)4)18-23(20)41(43-28(42)29(31,32)33)15-10-38-8-5-6-9-38/h17-19H,5-16H2,1-4H3,(H,34,35,36,37). The largest absolute Gasteiger partial charge is 0.493 e. The number of anilines is 3. The van der Waals surface area contributed by atoms with Crippen LogP contribution in [0.15, 0.2) is 23.1 Å². The van der Waals surface area contributed by atoms with E-state index in [9.17, 15) is 18.0 Å². The van der Waals surface area contributed by atoms with E-state index in [1.54, 1.807) is 0 Å². The second-order valence-electron chi connectivity index (χ2n) is 12.8. The number of halogens is 4. The summed E-state index contributed by atoms with van der Waals surface area (Å²) in [5.41, 5.74) is 3.85. The van der Waals surface area contributed by atoms with Gasteiger partial charge in [-0.15, -0.1) is 0 Å². The van der Waals surface area contributed by atoms with Crippen molar-refractivity contribution in [3.63, 3.8) is 0 Å². The molecule has 15 heteroatoms. The predicted octanol–water partition coefficient (Wildman–Crippen LogP) is 5.55. The molecule has 0 aliphatic carbocycles. The van der Waals surface area contributed by atoms with Gasteiger partial charge in [0.25, 0.3) is 0 Å². The number of piperazine rings is 1. The van der Waals surface area contributed by atoms with E-state index in [0.29, 0.717) is 44.1 Å². The smallest absolute Gasteiger partial charge is 0.368 e. The van der Waals surface area contributed by atoms with Crippen LogP contribution in [0.5, 0.6) is 0 Å². The second-order valence-corrected chi connectivity index (χ2v) is 19.2. The third-order valence-corrected chi connectivity index (χ3v) is 10.6. The minimum absolute atomic E-state index is 0.149. The van der Waals surface area contributed by atoms with Crippen molar-refractivity contribution in [2.75, 3.05) is 67.2 Å². The number of likely N-dealkylation sites (tertiary alicyclic amines) is 1. The molecule has 5 rings (SSSR count). The van der Waals surface area contributed by atoms with Crippen LogP contribution in [0.2, 0.25) is 25.7 Å². The van der Waals surface area contributed by atoms with E-state index in [-0.39, 0.29) is 6.54 Å². The first-order chi connectivity index (χ1) is 20.8. The van der Waals surface area contributed by atoms with E-state index in [4.69, 9.17) is 4.84 Å². The van der Waals surface area contributed by atoms with E-state index in [1.165, 1.54) is 11.4 Å². The number of aromatic amines is 1. The van der Waals surface area contributed by atoms with Gasteiger partial charge in [0, 0.05) is 46.5 Å². The quantitative estimate of drug-likeness (QED) is 0.216. The first kappa shape index (κ1) is 32.5. The SMILES string of the molecule is Cc1c(N2CCN(c3ncnc4n[nH]c(Br)c34)CC2)cc(CC[Si](C)(C)C)cc1N(CCN1CCCC1)OC(=O)C(F)(F)F. The van der Waals surface area contributed by atoms with Crippen LogP contribution in [0, 0.1) is 6.92 Å². The van der Waals surface area contributed by atoms with Crippen molar-refractivity contribution in [1.29, 1.82) is 0 Å². The fourth-order valence-electron chi connectivity index (χ4n) is 5.80. The lowest BCUT2D eigenvalue weighted by atomic mass is 10.0. The van der Waals surface area contributed by atoms with Gasteiger partial charge in [-0.1, -0.05) is 25.7 Å². The van der Waals surface area contributed by atoms with Gasteiger partial charge in [-0.2, -0.15) is 18.3 Å². The molecule has 44 heavy (non-hydrogen) atoms. The van der Waals surface area contributed by atoms with Gasteiger partial charge in [0.1, 0.15) is 16.7 Å². The molecular weight excluding hydrogens is 657 g/mol. The number of nitrogens with one attached hydrogen (secondary N) is 1. The number of aromatic nitrogens is 4. The average molecular weight is 698 g/mol. The van der Waals surface area contributed by atoms with Crippen molar-refractivity contribution in [2.45, 2.75) is 58.0 Å². The molecule has 0 saturated carbocycles. The van der Waals surface area contributed by atoms with Gasteiger partial charge < -0.3 is 19.5 Å². The number of carbonyl (C=O) groups is 1. The van der Waals surface area contributed by atoms with Crippen molar-refractivity contribution in [3.05, 3.63) is 34.2 Å². The predicted molar refractivity (Wildman–Crippen MR) is 172 cm³/mol. The van der Waals surface area contributed by atoms with Gasteiger partial charge in [0.05, 0.1) is 17.6 Å². The average Bonchev–Trinajstić information content (AvgIpc) is 3.64. The van der Waals surface area contributed by atoms with Crippen LogP contribution >= 0.6 is 15.9 Å². The Balaban J connectivity index is 1.44. The van der Waals surface area contributed by atoms with Gasteiger partial charge in [-0.25, -0.2) is 19.8 Å². The molecule has 2 aliphatic rings. The molecule has 0 spiro atoms. The Bertz CT molecular complexity index is 1470. The highest BCUT2D eigenvalue weighted by Crippen LogP contribution is 2.36. The molecule has 0 unspecified atom stereocenters. The Morgan fingerprint density at radius 3 is 2.41 bits per heavy atom. The number of rotatable bonds is 10. The fraction of sp³-hybridized carbons (Fsp3) is 0.586. The van der Waals surface area contributed by atoms with Crippen molar-refractivity contribution in [3.8, 4) is 0 Å². The summed E-state index contributed by atoms with van der Waals surface area (Å²) < 4.78 is 41.0. The van der Waals surface area contributed by atoms with Crippen LogP contribution in [0.1, 0.15) is 24.0 Å². The van der Waals surface area contributed by atoms with Crippen LogP contribution in [-0.4, -0.2) is 97.6 Å². The number of H-pyrrole nitrogens is 1. The molecule has 1 aromatic carbocycles. The molecule has 2 aromatic heterocycles. The minimum Gasteiger partial charge on any atom is -0.368 e. The highest BCUT2D eigenvalue weighted by atomic mass is 79.9. The number of fused-ring (bicyclic) bond motifs is 1. The van der Waals surface area contributed by atoms with Gasteiger partial charge in [-0.3, -0.25) is 5.10 Å². The van der Waals surface area contributed by atoms with Crippen molar-refractivity contribution < 1.29 is 22.8 Å². The number of nitrogens with zero attached hydrogens (tertiary/aromatic N) is 7. The number of hydrogen-bond donors (Lipinski definition) is 1. The maximum absolute atomic E-state index is 13.4. The van der Waals surface area contributed by atoms with Crippen molar-refractivity contribution in [2.24, 2.45) is 0 Å². The number of hydroxylamine groups is 1. The van der Waals surface area contributed by atoms with Gasteiger partial charge in [0.2, 0.25) is 0 Å². The fourth-order valence-corrected chi connectivity index (χ4v) is 7.28. The van der Waals surface area contributed by atoms with E-state index < -0.39 is 20.2 Å². The third-order valence-electron chi connectivity index (χ3n) is 8.29. The Morgan fingerprint density at radius 2 is 1.75 bits per heavy atom. The summed E-state index contributed by atoms with van der Waals surface area (Å²) in [5.74, 6) is -1.41. The molecule has 240 valence electrons. The zero-order chi connectivity index (χ0) is 31.6. The number of carbonyl (C=O) groups excluding carboxylic acids is 1. The van der Waals surface area contributed by atoms with Crippen LogP contribution in [0.4, 0.5) is 30.4 Å². The first-order valence-electron chi connectivity index (χ1n) is 15.1. The Hall–Kier alpha value is -2.91. The highest BCUT2D eigenvalue weighted by Gasteiger charge is 2.43. The Labute approximate surface area is 265 Å². The normalized spacial score (nSPS) is 16.6. The maximum Gasteiger partial charge on any atom is 0.493 e. The molecule has 0 atom stereocenters. The summed E-state index contributed by atoms with van der Waals surface area (Å²) in [5, 5.41) is 9.14.